The van der Waals surface area contributed by atoms with Crippen molar-refractivity contribution in [2.45, 2.75) is 33.7 Å². The molecule has 0 bridgehead atoms. The summed E-state index contributed by atoms with van der Waals surface area (Å²) in [6.07, 6.45) is 1.08. The Bertz CT molecular complexity index is 360. The summed E-state index contributed by atoms with van der Waals surface area (Å²) >= 11 is 0. The Morgan fingerprint density at radius 3 is 2.24 bits per heavy atom. The van der Waals surface area contributed by atoms with Crippen molar-refractivity contribution in [3.63, 3.8) is 0 Å². The van der Waals surface area contributed by atoms with E-state index in [2.05, 4.69) is 56.4 Å². The standard InChI is InChI=1S/C15H22N2/c1-4-13-5-7-14(8-6-13)10-17-11-15(9-16)12(2)3/h5-8,12,15,17H,4,10-11H2,1-3H3. The zero-order valence-corrected chi connectivity index (χ0v) is 11.0. The van der Waals surface area contributed by atoms with Crippen LogP contribution in [0.3, 0.4) is 0 Å². The lowest BCUT2D eigenvalue weighted by Gasteiger charge is -2.13. The van der Waals surface area contributed by atoms with E-state index in [0.717, 1.165) is 19.5 Å². The van der Waals surface area contributed by atoms with Crippen LogP contribution in [0.2, 0.25) is 0 Å². The van der Waals surface area contributed by atoms with E-state index in [1.807, 2.05) is 0 Å². The van der Waals surface area contributed by atoms with Gasteiger partial charge in [-0.3, -0.25) is 0 Å². The maximum Gasteiger partial charge on any atom is 0.0671 e. The molecule has 0 saturated carbocycles. The van der Waals surface area contributed by atoms with Gasteiger partial charge in [0.2, 0.25) is 0 Å². The first-order valence-electron chi connectivity index (χ1n) is 6.35. The highest BCUT2D eigenvalue weighted by Gasteiger charge is 2.10. The summed E-state index contributed by atoms with van der Waals surface area (Å²) < 4.78 is 0. The molecule has 0 aromatic heterocycles. The minimum absolute atomic E-state index is 0.102. The van der Waals surface area contributed by atoms with E-state index in [4.69, 9.17) is 5.26 Å². The quantitative estimate of drug-likeness (QED) is 0.815. The van der Waals surface area contributed by atoms with Gasteiger partial charge in [0.15, 0.2) is 0 Å². The van der Waals surface area contributed by atoms with Crippen molar-refractivity contribution in [3.05, 3.63) is 35.4 Å². The van der Waals surface area contributed by atoms with E-state index < -0.39 is 0 Å². The van der Waals surface area contributed by atoms with E-state index in [1.165, 1.54) is 11.1 Å². The fraction of sp³-hybridized carbons (Fsp3) is 0.533. The van der Waals surface area contributed by atoms with Crippen LogP contribution in [0.15, 0.2) is 24.3 Å². The van der Waals surface area contributed by atoms with Gasteiger partial charge in [-0.05, 0) is 23.5 Å². The number of hydrogen-bond donors (Lipinski definition) is 1. The molecule has 0 aliphatic carbocycles. The summed E-state index contributed by atoms with van der Waals surface area (Å²) in [5, 5.41) is 12.3. The van der Waals surface area contributed by atoms with Crippen LogP contribution in [0.4, 0.5) is 0 Å². The molecule has 0 heterocycles. The average molecular weight is 230 g/mol. The molecule has 1 aromatic rings. The van der Waals surface area contributed by atoms with Gasteiger partial charge in [-0.25, -0.2) is 0 Å². The van der Waals surface area contributed by atoms with Crippen LogP contribution in [0.5, 0.6) is 0 Å². The second kappa shape index (κ2) is 7.09. The predicted octanol–water partition coefficient (Wildman–Crippen LogP) is 3.13. The van der Waals surface area contributed by atoms with Gasteiger partial charge in [0.1, 0.15) is 0 Å². The number of benzene rings is 1. The van der Waals surface area contributed by atoms with Gasteiger partial charge in [0.05, 0.1) is 12.0 Å². The molecule has 0 amide bonds. The zero-order valence-electron chi connectivity index (χ0n) is 11.0. The van der Waals surface area contributed by atoms with Crippen molar-refractivity contribution in [3.8, 4) is 6.07 Å². The fourth-order valence-electron chi connectivity index (χ4n) is 1.70. The van der Waals surface area contributed by atoms with E-state index >= 15 is 0 Å². The lowest BCUT2D eigenvalue weighted by atomic mass is 9.97. The Hall–Kier alpha value is -1.33. The summed E-state index contributed by atoms with van der Waals surface area (Å²) in [6.45, 7) is 7.95. The van der Waals surface area contributed by atoms with Crippen molar-refractivity contribution in [2.24, 2.45) is 11.8 Å². The maximum atomic E-state index is 8.97. The highest BCUT2D eigenvalue weighted by Crippen LogP contribution is 2.09. The molecule has 1 aromatic carbocycles. The minimum atomic E-state index is 0.102. The van der Waals surface area contributed by atoms with E-state index in [0.29, 0.717) is 5.92 Å². The van der Waals surface area contributed by atoms with Crippen molar-refractivity contribution < 1.29 is 0 Å². The monoisotopic (exact) mass is 230 g/mol. The molecule has 0 aliphatic rings. The summed E-state index contributed by atoms with van der Waals surface area (Å²) in [6, 6.07) is 11.0. The van der Waals surface area contributed by atoms with Gasteiger partial charge in [0, 0.05) is 13.1 Å². The third-order valence-electron chi connectivity index (χ3n) is 3.10. The Kier molecular flexibility index (Phi) is 5.72. The number of nitrogens with one attached hydrogen (secondary N) is 1. The first-order chi connectivity index (χ1) is 8.17. The number of nitrogens with zero attached hydrogens (tertiary/aromatic N) is 1. The number of aryl methyl sites for hydroxylation is 1. The predicted molar refractivity (Wildman–Crippen MR) is 71.5 cm³/mol. The van der Waals surface area contributed by atoms with Gasteiger partial charge < -0.3 is 5.32 Å². The second-order valence-corrected chi connectivity index (χ2v) is 4.78. The van der Waals surface area contributed by atoms with Crippen LogP contribution in [0.1, 0.15) is 31.9 Å². The lowest BCUT2D eigenvalue weighted by Crippen LogP contribution is -2.24. The highest BCUT2D eigenvalue weighted by atomic mass is 14.9. The summed E-state index contributed by atoms with van der Waals surface area (Å²) in [5.74, 6) is 0.514. The number of hydrogen-bond acceptors (Lipinski definition) is 2. The molecule has 0 aliphatic heterocycles. The largest absolute Gasteiger partial charge is 0.311 e. The molecule has 0 fully saturated rings. The van der Waals surface area contributed by atoms with E-state index in [1.54, 1.807) is 0 Å². The molecule has 2 heteroatoms. The molecule has 1 N–H and O–H groups in total. The van der Waals surface area contributed by atoms with Crippen molar-refractivity contribution >= 4 is 0 Å². The summed E-state index contributed by atoms with van der Waals surface area (Å²) in [5.41, 5.74) is 2.65. The van der Waals surface area contributed by atoms with Gasteiger partial charge in [-0.2, -0.15) is 5.26 Å². The first-order valence-corrected chi connectivity index (χ1v) is 6.35. The number of nitriles is 1. The van der Waals surface area contributed by atoms with Gasteiger partial charge in [0.25, 0.3) is 0 Å². The molecule has 1 atom stereocenters. The van der Waals surface area contributed by atoms with Crippen LogP contribution >= 0.6 is 0 Å². The van der Waals surface area contributed by atoms with Crippen LogP contribution in [-0.4, -0.2) is 6.54 Å². The fourth-order valence-corrected chi connectivity index (χ4v) is 1.70. The number of rotatable bonds is 6. The van der Waals surface area contributed by atoms with Crippen LogP contribution in [-0.2, 0) is 13.0 Å². The van der Waals surface area contributed by atoms with Crippen molar-refractivity contribution in [1.29, 1.82) is 5.26 Å². The zero-order chi connectivity index (χ0) is 12.7. The van der Waals surface area contributed by atoms with E-state index in [9.17, 15) is 0 Å². The molecule has 2 nitrogen and oxygen atoms in total. The third-order valence-corrected chi connectivity index (χ3v) is 3.10. The third kappa shape index (κ3) is 4.58. The average Bonchev–Trinajstić information content (AvgIpc) is 2.35. The molecule has 1 unspecified atom stereocenters. The summed E-state index contributed by atoms with van der Waals surface area (Å²) in [4.78, 5) is 0. The van der Waals surface area contributed by atoms with Crippen LogP contribution in [0, 0.1) is 23.2 Å². The van der Waals surface area contributed by atoms with Gasteiger partial charge in [-0.1, -0.05) is 45.0 Å². The molecule has 0 saturated heterocycles. The Labute approximate surface area is 105 Å². The normalized spacial score (nSPS) is 12.4. The van der Waals surface area contributed by atoms with Crippen molar-refractivity contribution in [1.82, 2.24) is 5.32 Å². The van der Waals surface area contributed by atoms with Crippen LogP contribution in [0.25, 0.3) is 0 Å². The maximum absolute atomic E-state index is 8.97. The summed E-state index contributed by atoms with van der Waals surface area (Å²) in [7, 11) is 0. The Balaban J connectivity index is 2.38. The second-order valence-electron chi connectivity index (χ2n) is 4.78. The molecule has 0 spiro atoms. The van der Waals surface area contributed by atoms with E-state index in [-0.39, 0.29) is 5.92 Å². The molecule has 1 rings (SSSR count). The minimum Gasteiger partial charge on any atom is -0.311 e. The highest BCUT2D eigenvalue weighted by molar-refractivity contribution is 5.22. The topological polar surface area (TPSA) is 35.8 Å². The van der Waals surface area contributed by atoms with Gasteiger partial charge in [-0.15, -0.1) is 0 Å². The lowest BCUT2D eigenvalue weighted by molar-refractivity contribution is 0.442. The molecular weight excluding hydrogens is 208 g/mol. The smallest absolute Gasteiger partial charge is 0.0671 e. The van der Waals surface area contributed by atoms with Gasteiger partial charge >= 0.3 is 0 Å². The molecular formula is C15H22N2. The Morgan fingerprint density at radius 1 is 1.18 bits per heavy atom. The molecule has 0 radical (unpaired) electrons. The Morgan fingerprint density at radius 2 is 1.76 bits per heavy atom. The molecule has 92 valence electrons. The van der Waals surface area contributed by atoms with Crippen molar-refractivity contribution in [2.75, 3.05) is 6.54 Å². The SMILES string of the molecule is CCc1ccc(CNCC(C#N)C(C)C)cc1. The van der Waals surface area contributed by atoms with Crippen LogP contribution < -0.4 is 5.32 Å². The first kappa shape index (κ1) is 13.7. The molecule has 17 heavy (non-hydrogen) atoms.